The van der Waals surface area contributed by atoms with Gasteiger partial charge in [0.1, 0.15) is 16.0 Å². The third-order valence-corrected chi connectivity index (χ3v) is 4.27. The number of carbonyl (C=O) groups is 3. The second-order valence-electron chi connectivity index (χ2n) is 5.48. The van der Waals surface area contributed by atoms with Crippen LogP contribution in [0.3, 0.4) is 0 Å². The van der Waals surface area contributed by atoms with Gasteiger partial charge in [-0.05, 0) is 47.8 Å². The number of amides is 3. The van der Waals surface area contributed by atoms with Crippen molar-refractivity contribution in [2.24, 2.45) is 0 Å². The summed E-state index contributed by atoms with van der Waals surface area (Å²) in [5.74, 6) is -0.684. The van der Waals surface area contributed by atoms with Gasteiger partial charge in [-0.25, -0.2) is 9.59 Å². The molecule has 2 N–H and O–H groups in total. The molecule has 0 bridgehead atoms. The molecule has 9 heteroatoms. The minimum absolute atomic E-state index is 0.119. The Kier molecular flexibility index (Phi) is 6.24. The molecule has 0 spiro atoms. The average molecular weight is 415 g/mol. The van der Waals surface area contributed by atoms with Gasteiger partial charge in [0.25, 0.3) is 5.91 Å². The Morgan fingerprint density at radius 2 is 1.72 bits per heavy atom. The highest BCUT2D eigenvalue weighted by Gasteiger charge is 2.26. The summed E-state index contributed by atoms with van der Waals surface area (Å²) in [7, 11) is 2.90. The molecule has 1 unspecified atom stereocenters. The minimum atomic E-state index is -1.14. The van der Waals surface area contributed by atoms with E-state index in [0.29, 0.717) is 16.0 Å². The lowest BCUT2D eigenvalue weighted by atomic mass is 10.2. The summed E-state index contributed by atoms with van der Waals surface area (Å²) in [5.41, 5.74) is 0.152. The number of nitrogens with one attached hydrogen (secondary N) is 2. The van der Waals surface area contributed by atoms with E-state index >= 15 is 0 Å². The zero-order valence-electron chi connectivity index (χ0n) is 14.1. The van der Waals surface area contributed by atoms with Crippen LogP contribution in [0.4, 0.5) is 4.79 Å². The molecule has 1 aromatic carbocycles. The predicted octanol–water partition coefficient (Wildman–Crippen LogP) is 2.00. The van der Waals surface area contributed by atoms with Crippen LogP contribution in [0.5, 0.6) is 11.5 Å². The fraction of sp³-hybridized carbons (Fsp3) is 0.438. The van der Waals surface area contributed by atoms with Crippen LogP contribution >= 0.6 is 15.9 Å². The highest BCUT2D eigenvalue weighted by molar-refractivity contribution is 9.10. The van der Waals surface area contributed by atoms with Crippen molar-refractivity contribution in [2.75, 3.05) is 14.2 Å². The number of hydrogen-bond acceptors (Lipinski definition) is 6. The average Bonchev–Trinajstić information content (AvgIpc) is 3.38. The van der Waals surface area contributed by atoms with E-state index in [0.717, 1.165) is 12.8 Å². The third-order valence-electron chi connectivity index (χ3n) is 3.48. The van der Waals surface area contributed by atoms with E-state index in [1.807, 2.05) is 0 Å². The lowest BCUT2D eigenvalue weighted by Gasteiger charge is -2.15. The lowest BCUT2D eigenvalue weighted by molar-refractivity contribution is -0.127. The summed E-state index contributed by atoms with van der Waals surface area (Å²) in [6.07, 6.45) is 0.664. The number of esters is 1. The Bertz CT molecular complexity index is 664. The summed E-state index contributed by atoms with van der Waals surface area (Å²) in [6.45, 7) is 1.38. The molecular weight excluding hydrogens is 396 g/mol. The molecule has 1 aliphatic rings. The van der Waals surface area contributed by atoms with Crippen molar-refractivity contribution in [3.63, 3.8) is 0 Å². The molecule has 0 aliphatic heterocycles. The second-order valence-corrected chi connectivity index (χ2v) is 6.27. The number of rotatable bonds is 6. The van der Waals surface area contributed by atoms with Crippen LogP contribution in [-0.4, -0.2) is 44.3 Å². The molecule has 0 radical (unpaired) electrons. The highest BCUT2D eigenvalue weighted by Crippen LogP contribution is 2.35. The van der Waals surface area contributed by atoms with Gasteiger partial charge in [0.15, 0.2) is 6.10 Å². The van der Waals surface area contributed by atoms with Gasteiger partial charge in [0, 0.05) is 6.04 Å². The zero-order valence-corrected chi connectivity index (χ0v) is 15.6. The van der Waals surface area contributed by atoms with E-state index in [-0.39, 0.29) is 11.6 Å². The smallest absolute Gasteiger partial charge is 0.339 e. The van der Waals surface area contributed by atoms with Gasteiger partial charge in [0.2, 0.25) is 0 Å². The van der Waals surface area contributed by atoms with Gasteiger partial charge < -0.3 is 19.5 Å². The number of benzene rings is 1. The summed E-state index contributed by atoms with van der Waals surface area (Å²) in [4.78, 5) is 35.7. The fourth-order valence-electron chi connectivity index (χ4n) is 1.93. The van der Waals surface area contributed by atoms with Crippen molar-refractivity contribution < 1.29 is 28.6 Å². The Morgan fingerprint density at radius 3 is 2.20 bits per heavy atom. The zero-order chi connectivity index (χ0) is 18.6. The molecule has 1 saturated carbocycles. The maximum atomic E-state index is 12.3. The third kappa shape index (κ3) is 5.09. The first-order valence-electron chi connectivity index (χ1n) is 7.59. The van der Waals surface area contributed by atoms with Crippen LogP contribution in [0.25, 0.3) is 0 Å². The number of halogens is 1. The maximum Gasteiger partial charge on any atom is 0.339 e. The molecule has 0 saturated heterocycles. The van der Waals surface area contributed by atoms with Gasteiger partial charge in [-0.3, -0.25) is 10.1 Å². The summed E-state index contributed by atoms with van der Waals surface area (Å²) in [6, 6.07) is 2.44. The van der Waals surface area contributed by atoms with Crippen molar-refractivity contribution in [3.05, 3.63) is 22.2 Å². The second kappa shape index (κ2) is 8.19. The maximum absolute atomic E-state index is 12.3. The first-order valence-corrected chi connectivity index (χ1v) is 8.38. The van der Waals surface area contributed by atoms with Gasteiger partial charge >= 0.3 is 12.0 Å². The standard InChI is InChI=1S/C16H19BrN2O6/c1-8(14(20)19-16(22)18-10-4-5-10)25-15(21)9-6-11(23-2)13(17)12(7-9)24-3/h6-8,10H,4-5H2,1-3H3,(H2,18,19,20,22). The number of methoxy groups -OCH3 is 2. The molecule has 2 rings (SSSR count). The monoisotopic (exact) mass is 414 g/mol. The number of hydrogen-bond donors (Lipinski definition) is 2. The molecule has 0 aromatic heterocycles. The molecule has 25 heavy (non-hydrogen) atoms. The molecule has 136 valence electrons. The van der Waals surface area contributed by atoms with Gasteiger partial charge in [-0.15, -0.1) is 0 Å². The Hall–Kier alpha value is -2.29. The van der Waals surface area contributed by atoms with Crippen LogP contribution in [0.1, 0.15) is 30.1 Å². The van der Waals surface area contributed by atoms with Crippen LogP contribution in [0.15, 0.2) is 16.6 Å². The normalized spacial score (nSPS) is 14.2. The number of carbonyl (C=O) groups excluding carboxylic acids is 3. The van der Waals surface area contributed by atoms with Gasteiger partial charge in [-0.1, -0.05) is 0 Å². The van der Waals surface area contributed by atoms with E-state index in [9.17, 15) is 14.4 Å². The quantitative estimate of drug-likeness (QED) is 0.689. The first kappa shape index (κ1) is 19.0. The fourth-order valence-corrected chi connectivity index (χ4v) is 2.48. The van der Waals surface area contributed by atoms with E-state index in [1.165, 1.54) is 33.3 Å². The summed E-state index contributed by atoms with van der Waals surface area (Å²) >= 11 is 3.30. The lowest BCUT2D eigenvalue weighted by Crippen LogP contribution is -2.45. The van der Waals surface area contributed by atoms with Crippen molar-refractivity contribution in [1.29, 1.82) is 0 Å². The predicted molar refractivity (Wildman–Crippen MR) is 91.8 cm³/mol. The van der Waals surface area contributed by atoms with Crippen LogP contribution in [0.2, 0.25) is 0 Å². The molecule has 1 aromatic rings. The van der Waals surface area contributed by atoms with Crippen LogP contribution in [0, 0.1) is 0 Å². The van der Waals surface area contributed by atoms with Gasteiger partial charge in [0.05, 0.1) is 19.8 Å². The van der Waals surface area contributed by atoms with Crippen molar-refractivity contribution in [2.45, 2.75) is 31.9 Å². The molecular formula is C16H19BrN2O6. The Labute approximate surface area is 153 Å². The van der Waals surface area contributed by atoms with E-state index in [2.05, 4.69) is 26.6 Å². The van der Waals surface area contributed by atoms with Gasteiger partial charge in [-0.2, -0.15) is 0 Å². The SMILES string of the molecule is COc1cc(C(=O)OC(C)C(=O)NC(=O)NC2CC2)cc(OC)c1Br. The van der Waals surface area contributed by atoms with Crippen LogP contribution < -0.4 is 20.1 Å². The first-order chi connectivity index (χ1) is 11.8. The van der Waals surface area contributed by atoms with E-state index in [4.69, 9.17) is 14.2 Å². The molecule has 8 nitrogen and oxygen atoms in total. The van der Waals surface area contributed by atoms with E-state index in [1.54, 1.807) is 0 Å². The largest absolute Gasteiger partial charge is 0.495 e. The number of urea groups is 1. The molecule has 3 amide bonds. The van der Waals surface area contributed by atoms with Crippen molar-refractivity contribution in [3.8, 4) is 11.5 Å². The molecule has 1 aliphatic carbocycles. The Balaban J connectivity index is 2.00. The molecule has 0 heterocycles. The number of imide groups is 1. The summed E-state index contributed by atoms with van der Waals surface area (Å²) < 4.78 is 16.0. The van der Waals surface area contributed by atoms with Crippen molar-refractivity contribution >= 4 is 33.8 Å². The van der Waals surface area contributed by atoms with Crippen molar-refractivity contribution in [1.82, 2.24) is 10.6 Å². The topological polar surface area (TPSA) is 103 Å². The number of ether oxygens (including phenoxy) is 3. The minimum Gasteiger partial charge on any atom is -0.495 e. The van der Waals surface area contributed by atoms with E-state index < -0.39 is 24.0 Å². The molecule has 1 fully saturated rings. The summed E-state index contributed by atoms with van der Waals surface area (Å²) in [5, 5.41) is 4.75. The Morgan fingerprint density at radius 1 is 1.16 bits per heavy atom. The highest BCUT2D eigenvalue weighted by atomic mass is 79.9. The van der Waals surface area contributed by atoms with Crippen LogP contribution in [-0.2, 0) is 9.53 Å². The molecule has 1 atom stereocenters.